The Morgan fingerprint density at radius 3 is 2.64 bits per heavy atom. The summed E-state index contributed by atoms with van der Waals surface area (Å²) in [7, 11) is -3.62. The van der Waals surface area contributed by atoms with Crippen molar-refractivity contribution < 1.29 is 13.2 Å². The van der Waals surface area contributed by atoms with Gasteiger partial charge in [-0.2, -0.15) is 9.40 Å². The molecule has 1 N–H and O–H groups in total. The molecule has 1 saturated heterocycles. The Hall–Kier alpha value is -1.71. The molecule has 1 fully saturated rings. The number of piperidine rings is 1. The largest absolute Gasteiger partial charge is 0.351 e. The van der Waals surface area contributed by atoms with Gasteiger partial charge in [-0.3, -0.25) is 9.48 Å². The quantitative estimate of drug-likeness (QED) is 0.741. The molecule has 1 aliphatic rings. The Bertz CT molecular complexity index is 927. The molecule has 0 radical (unpaired) electrons. The van der Waals surface area contributed by atoms with Gasteiger partial charge in [0.1, 0.15) is 9.77 Å². The van der Waals surface area contributed by atoms with Crippen LogP contribution in [0.15, 0.2) is 22.4 Å². The Morgan fingerprint density at radius 2 is 2.00 bits per heavy atom. The highest BCUT2D eigenvalue weighted by Crippen LogP contribution is 2.27. The summed E-state index contributed by atoms with van der Waals surface area (Å²) in [5.41, 5.74) is 2.06. The summed E-state index contributed by atoms with van der Waals surface area (Å²) in [6.45, 7) is 8.21. The minimum Gasteiger partial charge on any atom is -0.351 e. The topological polar surface area (TPSA) is 84.3 Å². The van der Waals surface area contributed by atoms with Crippen molar-refractivity contribution in [3.63, 3.8) is 0 Å². The first-order valence-corrected chi connectivity index (χ1v) is 12.0. The van der Waals surface area contributed by atoms with E-state index in [2.05, 4.69) is 10.4 Å². The molecule has 0 unspecified atom stereocenters. The van der Waals surface area contributed by atoms with Gasteiger partial charge in [0, 0.05) is 31.9 Å². The van der Waals surface area contributed by atoms with Gasteiger partial charge in [0.05, 0.1) is 5.69 Å². The lowest BCUT2D eigenvalue weighted by Gasteiger charge is -2.25. The van der Waals surface area contributed by atoms with Crippen LogP contribution in [-0.2, 0) is 16.6 Å². The van der Waals surface area contributed by atoms with E-state index in [0.29, 0.717) is 26.2 Å². The van der Waals surface area contributed by atoms with Crippen molar-refractivity contribution in [3.05, 3.63) is 33.8 Å². The number of nitrogens with zero attached hydrogens (tertiary/aromatic N) is 3. The van der Waals surface area contributed by atoms with Gasteiger partial charge in [-0.15, -0.1) is 11.3 Å². The molecule has 9 heteroatoms. The van der Waals surface area contributed by atoms with E-state index in [4.69, 9.17) is 0 Å². The van der Waals surface area contributed by atoms with Crippen LogP contribution in [0.4, 0.5) is 0 Å². The minimum atomic E-state index is -3.62. The van der Waals surface area contributed by atoms with E-state index < -0.39 is 10.0 Å². The molecule has 3 rings (SSSR count). The van der Waals surface area contributed by atoms with Crippen molar-refractivity contribution in [1.82, 2.24) is 19.4 Å². The van der Waals surface area contributed by atoms with Gasteiger partial charge < -0.3 is 5.32 Å². The first kappa shape index (κ1) is 21.0. The second-order valence-electron chi connectivity index (χ2n) is 7.50. The van der Waals surface area contributed by atoms with Crippen LogP contribution in [0.25, 0.3) is 0 Å². The Morgan fingerprint density at radius 1 is 1.29 bits per heavy atom. The number of nitrogens with one attached hydrogen (secondary N) is 1. The van der Waals surface area contributed by atoms with Crippen molar-refractivity contribution in [3.8, 4) is 0 Å². The summed E-state index contributed by atoms with van der Waals surface area (Å²) in [5.74, 6) is -0.158. The highest BCUT2D eigenvalue weighted by atomic mass is 32.2. The van der Waals surface area contributed by atoms with Crippen molar-refractivity contribution >= 4 is 27.3 Å². The summed E-state index contributed by atoms with van der Waals surface area (Å²) in [5, 5.41) is 9.01. The number of carbonyl (C=O) groups is 1. The van der Waals surface area contributed by atoms with Gasteiger partial charge in [0.25, 0.3) is 5.91 Å². The Balaban J connectivity index is 1.64. The summed E-state index contributed by atoms with van der Waals surface area (Å²) >= 11 is 1.17. The third-order valence-corrected chi connectivity index (χ3v) is 7.95. The van der Waals surface area contributed by atoms with E-state index in [0.717, 1.165) is 30.7 Å². The van der Waals surface area contributed by atoms with E-state index >= 15 is 0 Å². The van der Waals surface area contributed by atoms with Gasteiger partial charge in [-0.25, -0.2) is 8.42 Å². The van der Waals surface area contributed by atoms with E-state index in [-0.39, 0.29) is 21.6 Å². The monoisotopic (exact) mass is 424 g/mol. The van der Waals surface area contributed by atoms with Crippen LogP contribution in [0.1, 0.15) is 47.2 Å². The van der Waals surface area contributed by atoms with Gasteiger partial charge in [0.2, 0.25) is 10.0 Å². The lowest BCUT2D eigenvalue weighted by atomic mass is 10.2. The van der Waals surface area contributed by atoms with Crippen molar-refractivity contribution in [2.45, 2.75) is 51.5 Å². The van der Waals surface area contributed by atoms with Crippen molar-refractivity contribution in [2.75, 3.05) is 19.6 Å². The number of aromatic nitrogens is 2. The number of thiophene rings is 1. The molecular weight excluding hydrogens is 396 g/mol. The molecule has 154 valence electrons. The van der Waals surface area contributed by atoms with Crippen LogP contribution in [-0.4, -0.2) is 48.0 Å². The van der Waals surface area contributed by atoms with E-state index in [1.807, 2.05) is 31.5 Å². The van der Waals surface area contributed by atoms with Gasteiger partial charge in [-0.1, -0.05) is 13.3 Å². The van der Waals surface area contributed by atoms with Gasteiger partial charge >= 0.3 is 0 Å². The number of sulfonamides is 1. The minimum absolute atomic E-state index is 0.128. The lowest BCUT2D eigenvalue weighted by molar-refractivity contribution is 0.0947. The van der Waals surface area contributed by atoms with Crippen LogP contribution in [0.2, 0.25) is 0 Å². The average molecular weight is 425 g/mol. The molecule has 0 aliphatic carbocycles. The zero-order chi connectivity index (χ0) is 20.3. The summed E-state index contributed by atoms with van der Waals surface area (Å²) in [4.78, 5) is 13.1. The van der Waals surface area contributed by atoms with E-state index in [1.165, 1.54) is 15.6 Å². The third-order valence-electron chi connectivity index (χ3n) is 4.97. The first-order chi connectivity index (χ1) is 13.3. The van der Waals surface area contributed by atoms with Gasteiger partial charge in [0.15, 0.2) is 0 Å². The number of aryl methyl sites for hydroxylation is 2. The number of hydrogen-bond donors (Lipinski definition) is 1. The van der Waals surface area contributed by atoms with Crippen LogP contribution in [0.3, 0.4) is 0 Å². The summed E-state index contributed by atoms with van der Waals surface area (Å²) in [6.07, 6.45) is 2.79. The van der Waals surface area contributed by atoms with Crippen LogP contribution in [0, 0.1) is 19.8 Å². The zero-order valence-electron chi connectivity index (χ0n) is 16.6. The zero-order valence-corrected chi connectivity index (χ0v) is 18.3. The number of amides is 1. The maximum Gasteiger partial charge on any atom is 0.262 e. The fourth-order valence-corrected chi connectivity index (χ4v) is 6.31. The van der Waals surface area contributed by atoms with Crippen LogP contribution in [0.5, 0.6) is 0 Å². The molecule has 1 atom stereocenters. The highest BCUT2D eigenvalue weighted by Gasteiger charge is 2.31. The second kappa shape index (κ2) is 8.75. The molecule has 0 bridgehead atoms. The van der Waals surface area contributed by atoms with Crippen LogP contribution < -0.4 is 5.32 Å². The molecule has 2 aromatic heterocycles. The molecule has 2 aromatic rings. The Labute approximate surface area is 170 Å². The maximum atomic E-state index is 12.9. The number of rotatable bonds is 7. The predicted octanol–water partition coefficient (Wildman–Crippen LogP) is 2.80. The normalized spacial score (nSPS) is 16.8. The Kier molecular flexibility index (Phi) is 6.57. The molecule has 1 aliphatic heterocycles. The van der Waals surface area contributed by atoms with Crippen molar-refractivity contribution in [2.24, 2.45) is 5.92 Å². The highest BCUT2D eigenvalue weighted by molar-refractivity contribution is 7.89. The molecular formula is C19H28N4O3S2. The molecule has 1 amide bonds. The summed E-state index contributed by atoms with van der Waals surface area (Å²) in [6, 6.07) is 3.57. The maximum absolute atomic E-state index is 12.9. The molecule has 0 aromatic carbocycles. The smallest absolute Gasteiger partial charge is 0.262 e. The molecule has 3 heterocycles. The number of carbonyl (C=O) groups excluding carboxylic acids is 1. The average Bonchev–Trinajstić information content (AvgIpc) is 3.27. The number of hydrogen-bond acceptors (Lipinski definition) is 5. The van der Waals surface area contributed by atoms with E-state index in [9.17, 15) is 13.2 Å². The van der Waals surface area contributed by atoms with E-state index in [1.54, 1.807) is 11.4 Å². The van der Waals surface area contributed by atoms with Gasteiger partial charge in [-0.05, 0) is 50.1 Å². The fourth-order valence-electron chi connectivity index (χ4n) is 3.48. The lowest BCUT2D eigenvalue weighted by Crippen LogP contribution is -2.37. The predicted molar refractivity (Wildman–Crippen MR) is 110 cm³/mol. The molecule has 0 saturated carbocycles. The standard InChI is InChI=1S/C19H28N4O3S2/c1-14(13-23-16(3)11-15(2)21-23)12-20-19(24)18-17(7-10-27-18)28(25,26)22-8-5-4-6-9-22/h7,10-11,14H,4-6,8-9,12-13H2,1-3H3,(H,20,24)/t14-/m0/s1. The molecule has 7 nitrogen and oxygen atoms in total. The molecule has 0 spiro atoms. The summed E-state index contributed by atoms with van der Waals surface area (Å²) < 4.78 is 29.3. The van der Waals surface area contributed by atoms with Crippen molar-refractivity contribution in [1.29, 1.82) is 0 Å². The first-order valence-electron chi connectivity index (χ1n) is 9.66. The third kappa shape index (κ3) is 4.64. The second-order valence-corrected chi connectivity index (χ2v) is 10.3. The molecule has 28 heavy (non-hydrogen) atoms. The van der Waals surface area contributed by atoms with Crippen LogP contribution >= 0.6 is 11.3 Å². The SMILES string of the molecule is Cc1cc(C)n(C[C@@H](C)CNC(=O)c2sccc2S(=O)(=O)N2CCCCC2)n1. The fraction of sp³-hybridized carbons (Fsp3) is 0.579.